The highest BCUT2D eigenvalue weighted by Crippen LogP contribution is 2.31. The van der Waals surface area contributed by atoms with Crippen molar-refractivity contribution in [2.24, 2.45) is 5.92 Å². The van der Waals surface area contributed by atoms with Crippen LogP contribution in [0.4, 0.5) is 14.5 Å². The maximum absolute atomic E-state index is 14.8. The molecule has 4 rings (SSSR count). The zero-order chi connectivity index (χ0) is 20.0. The number of halogens is 2. The molecule has 1 saturated heterocycles. The fourth-order valence-corrected chi connectivity index (χ4v) is 3.88. The van der Waals surface area contributed by atoms with Gasteiger partial charge in [0.2, 0.25) is 5.43 Å². The number of hydrogen-bond donors (Lipinski definition) is 2. The van der Waals surface area contributed by atoms with Crippen molar-refractivity contribution >= 4 is 22.6 Å². The molecule has 2 fully saturated rings. The lowest BCUT2D eigenvalue weighted by Gasteiger charge is -2.21. The predicted octanol–water partition coefficient (Wildman–Crippen LogP) is 2.39. The topological polar surface area (TPSA) is 74.6 Å². The van der Waals surface area contributed by atoms with Gasteiger partial charge in [-0.3, -0.25) is 4.79 Å². The van der Waals surface area contributed by atoms with E-state index in [1.807, 2.05) is 6.92 Å². The van der Waals surface area contributed by atoms with E-state index in [2.05, 4.69) is 5.32 Å². The standard InChI is InChI=1S/C20H23F2N3O3/c1-2-24-9-14(20(27)28)19(26)13-5-15(21)18(6-17(13)24)25-8-11(16(22)10-25)7-23-12-3-4-12/h5-6,9,11-12,16,23H,2-4,7-8,10H2,1H3,(H,27,28). The van der Waals surface area contributed by atoms with E-state index in [9.17, 15) is 23.5 Å². The Labute approximate surface area is 160 Å². The third-order valence-electron chi connectivity index (χ3n) is 5.67. The van der Waals surface area contributed by atoms with E-state index in [1.54, 1.807) is 9.47 Å². The molecule has 0 bridgehead atoms. The van der Waals surface area contributed by atoms with Gasteiger partial charge in [-0.15, -0.1) is 0 Å². The molecule has 2 atom stereocenters. The molecule has 150 valence electrons. The molecule has 1 aliphatic heterocycles. The SMILES string of the molecule is CCn1cc(C(=O)O)c(=O)c2cc(F)c(N3CC(F)C(CNC4CC4)C3)cc21. The summed E-state index contributed by atoms with van der Waals surface area (Å²) in [6, 6.07) is 3.10. The maximum atomic E-state index is 14.8. The lowest BCUT2D eigenvalue weighted by molar-refractivity contribution is 0.0695. The molecule has 2 N–H and O–H groups in total. The summed E-state index contributed by atoms with van der Waals surface area (Å²) in [5.74, 6) is -2.19. The van der Waals surface area contributed by atoms with E-state index < -0.39 is 29.0 Å². The average Bonchev–Trinajstić information content (AvgIpc) is 3.42. The second kappa shape index (κ2) is 7.16. The first-order valence-corrected chi connectivity index (χ1v) is 9.61. The molecule has 2 aromatic rings. The first-order valence-electron chi connectivity index (χ1n) is 9.61. The van der Waals surface area contributed by atoms with Gasteiger partial charge in [0.25, 0.3) is 0 Å². The van der Waals surface area contributed by atoms with Gasteiger partial charge in [0.15, 0.2) is 0 Å². The van der Waals surface area contributed by atoms with Gasteiger partial charge >= 0.3 is 5.97 Å². The number of alkyl halides is 1. The Morgan fingerprint density at radius 2 is 2.07 bits per heavy atom. The molecule has 2 aliphatic rings. The van der Waals surface area contributed by atoms with Crippen molar-refractivity contribution < 1.29 is 18.7 Å². The summed E-state index contributed by atoms with van der Waals surface area (Å²) in [5.41, 5.74) is -0.413. The summed E-state index contributed by atoms with van der Waals surface area (Å²) in [5, 5.41) is 12.6. The minimum absolute atomic E-state index is 0.0194. The van der Waals surface area contributed by atoms with Gasteiger partial charge in [0, 0.05) is 49.7 Å². The number of pyridine rings is 1. The zero-order valence-corrected chi connectivity index (χ0v) is 15.6. The van der Waals surface area contributed by atoms with E-state index in [0.717, 1.165) is 18.9 Å². The van der Waals surface area contributed by atoms with Crippen LogP contribution in [0.2, 0.25) is 0 Å². The number of nitrogens with one attached hydrogen (secondary N) is 1. The lowest BCUT2D eigenvalue weighted by atomic mass is 10.1. The van der Waals surface area contributed by atoms with E-state index in [4.69, 9.17) is 0 Å². The number of carboxylic acids is 1. The van der Waals surface area contributed by atoms with Crippen LogP contribution in [0.1, 0.15) is 30.1 Å². The third kappa shape index (κ3) is 3.37. The molecule has 0 spiro atoms. The van der Waals surface area contributed by atoms with Crippen molar-refractivity contribution in [2.45, 2.75) is 38.5 Å². The van der Waals surface area contributed by atoms with Crippen LogP contribution in [0, 0.1) is 11.7 Å². The highest BCUT2D eigenvalue weighted by Gasteiger charge is 2.35. The number of benzene rings is 1. The second-order valence-corrected chi connectivity index (χ2v) is 7.65. The number of aryl methyl sites for hydroxylation is 1. The fraction of sp³-hybridized carbons (Fsp3) is 0.500. The minimum atomic E-state index is -1.34. The van der Waals surface area contributed by atoms with Crippen LogP contribution < -0.4 is 15.6 Å². The Bertz CT molecular complexity index is 987. The van der Waals surface area contributed by atoms with Gasteiger partial charge in [0.1, 0.15) is 17.6 Å². The summed E-state index contributed by atoms with van der Waals surface area (Å²) >= 11 is 0. The highest BCUT2D eigenvalue weighted by atomic mass is 19.1. The van der Waals surface area contributed by atoms with Gasteiger partial charge in [-0.05, 0) is 31.9 Å². The number of rotatable bonds is 6. The predicted molar refractivity (Wildman–Crippen MR) is 102 cm³/mol. The Morgan fingerprint density at radius 3 is 2.71 bits per heavy atom. The molecule has 28 heavy (non-hydrogen) atoms. The first-order chi connectivity index (χ1) is 13.4. The third-order valence-corrected chi connectivity index (χ3v) is 5.67. The fourth-order valence-electron chi connectivity index (χ4n) is 3.88. The molecular weight excluding hydrogens is 368 g/mol. The molecule has 1 aromatic carbocycles. The largest absolute Gasteiger partial charge is 0.477 e. The molecule has 1 saturated carbocycles. The van der Waals surface area contributed by atoms with Crippen LogP contribution >= 0.6 is 0 Å². The molecule has 6 nitrogen and oxygen atoms in total. The van der Waals surface area contributed by atoms with E-state index >= 15 is 0 Å². The smallest absolute Gasteiger partial charge is 0.341 e. The van der Waals surface area contributed by atoms with E-state index in [-0.39, 0.29) is 23.5 Å². The van der Waals surface area contributed by atoms with Gasteiger partial charge in [0.05, 0.1) is 11.2 Å². The number of hydrogen-bond acceptors (Lipinski definition) is 4. The van der Waals surface area contributed by atoms with Gasteiger partial charge in [-0.1, -0.05) is 0 Å². The van der Waals surface area contributed by atoms with Crippen LogP contribution in [0.5, 0.6) is 0 Å². The number of fused-ring (bicyclic) bond motifs is 1. The monoisotopic (exact) mass is 391 g/mol. The van der Waals surface area contributed by atoms with Crippen LogP contribution in [-0.4, -0.2) is 47.5 Å². The van der Waals surface area contributed by atoms with Crippen LogP contribution in [-0.2, 0) is 6.54 Å². The van der Waals surface area contributed by atoms with Crippen LogP contribution in [0.15, 0.2) is 23.1 Å². The first kappa shape index (κ1) is 18.9. The van der Waals surface area contributed by atoms with Gasteiger partial charge in [-0.2, -0.15) is 0 Å². The maximum Gasteiger partial charge on any atom is 0.341 e. The van der Waals surface area contributed by atoms with Crippen molar-refractivity contribution in [3.05, 3.63) is 39.9 Å². The van der Waals surface area contributed by atoms with Crippen molar-refractivity contribution in [1.82, 2.24) is 9.88 Å². The second-order valence-electron chi connectivity index (χ2n) is 7.65. The number of carboxylic acid groups (broad SMARTS) is 1. The Balaban J connectivity index is 1.70. The van der Waals surface area contributed by atoms with Crippen LogP contribution in [0.3, 0.4) is 0 Å². The Hall–Kier alpha value is -2.48. The van der Waals surface area contributed by atoms with Crippen LogP contribution in [0.25, 0.3) is 10.9 Å². The average molecular weight is 391 g/mol. The highest BCUT2D eigenvalue weighted by molar-refractivity contribution is 5.93. The number of nitrogens with zero attached hydrogens (tertiary/aromatic N) is 2. The van der Waals surface area contributed by atoms with Crippen molar-refractivity contribution in [2.75, 3.05) is 24.5 Å². The zero-order valence-electron chi connectivity index (χ0n) is 15.6. The summed E-state index contributed by atoms with van der Waals surface area (Å²) in [6.07, 6.45) is 2.47. The summed E-state index contributed by atoms with van der Waals surface area (Å²) in [6.45, 7) is 3.29. The van der Waals surface area contributed by atoms with E-state index in [1.165, 1.54) is 12.3 Å². The summed E-state index contributed by atoms with van der Waals surface area (Å²) in [4.78, 5) is 25.4. The molecular formula is C20H23F2N3O3. The molecule has 0 radical (unpaired) electrons. The quantitative estimate of drug-likeness (QED) is 0.791. The molecule has 1 aromatic heterocycles. The molecule has 1 aliphatic carbocycles. The van der Waals surface area contributed by atoms with Gasteiger partial charge in [-0.25, -0.2) is 13.6 Å². The summed E-state index contributed by atoms with van der Waals surface area (Å²) in [7, 11) is 0. The Morgan fingerprint density at radius 1 is 1.32 bits per heavy atom. The van der Waals surface area contributed by atoms with Crippen molar-refractivity contribution in [3.63, 3.8) is 0 Å². The number of aromatic nitrogens is 1. The van der Waals surface area contributed by atoms with Crippen molar-refractivity contribution in [1.29, 1.82) is 0 Å². The minimum Gasteiger partial charge on any atom is -0.477 e. The van der Waals surface area contributed by atoms with E-state index in [0.29, 0.717) is 31.2 Å². The van der Waals surface area contributed by atoms with Crippen molar-refractivity contribution in [3.8, 4) is 0 Å². The normalized spacial score (nSPS) is 22.2. The number of carbonyl (C=O) groups is 1. The number of anilines is 1. The summed E-state index contributed by atoms with van der Waals surface area (Å²) < 4.78 is 30.9. The molecule has 8 heteroatoms. The van der Waals surface area contributed by atoms with Gasteiger partial charge < -0.3 is 19.9 Å². The Kier molecular flexibility index (Phi) is 4.82. The molecule has 2 unspecified atom stereocenters. The number of aromatic carboxylic acids is 1. The molecule has 0 amide bonds. The lowest BCUT2D eigenvalue weighted by Crippen LogP contribution is -2.30. The molecule has 2 heterocycles.